The molecule has 0 saturated heterocycles. The van der Waals surface area contributed by atoms with Gasteiger partial charge < -0.3 is 15.4 Å². The molecule has 0 atom stereocenters. The SMILES string of the molecule is CC(C)c1ccc(CCNC(=O)COC(=O)CNC(=O)Cc2ccccc2)cc1. The van der Waals surface area contributed by atoms with E-state index in [1.165, 1.54) is 5.56 Å². The zero-order valence-electron chi connectivity index (χ0n) is 16.9. The predicted octanol–water partition coefficient (Wildman–Crippen LogP) is 2.37. The van der Waals surface area contributed by atoms with Crippen LogP contribution in [0.15, 0.2) is 54.6 Å². The minimum absolute atomic E-state index is 0.187. The molecule has 154 valence electrons. The van der Waals surface area contributed by atoms with Crippen LogP contribution in [-0.4, -0.2) is 37.5 Å². The molecule has 0 aliphatic heterocycles. The Kier molecular flexibility index (Phi) is 8.89. The lowest BCUT2D eigenvalue weighted by atomic mass is 10.0. The second kappa shape index (κ2) is 11.6. The van der Waals surface area contributed by atoms with Gasteiger partial charge in [-0.15, -0.1) is 0 Å². The van der Waals surface area contributed by atoms with E-state index in [-0.39, 0.29) is 31.4 Å². The highest BCUT2D eigenvalue weighted by Gasteiger charge is 2.10. The molecule has 0 aromatic heterocycles. The molecule has 2 N–H and O–H groups in total. The van der Waals surface area contributed by atoms with Gasteiger partial charge in [0.05, 0.1) is 6.42 Å². The Morgan fingerprint density at radius 3 is 2.21 bits per heavy atom. The van der Waals surface area contributed by atoms with Crippen LogP contribution in [0.2, 0.25) is 0 Å². The van der Waals surface area contributed by atoms with E-state index in [1.54, 1.807) is 0 Å². The summed E-state index contributed by atoms with van der Waals surface area (Å²) in [4.78, 5) is 35.2. The summed E-state index contributed by atoms with van der Waals surface area (Å²) in [6.07, 6.45) is 0.889. The van der Waals surface area contributed by atoms with E-state index < -0.39 is 5.97 Å². The quantitative estimate of drug-likeness (QED) is 0.604. The van der Waals surface area contributed by atoms with Gasteiger partial charge in [-0.25, -0.2) is 0 Å². The molecule has 2 aromatic rings. The first-order chi connectivity index (χ1) is 13.9. The summed E-state index contributed by atoms with van der Waals surface area (Å²) in [5, 5.41) is 5.20. The number of rotatable bonds is 10. The average molecular weight is 396 g/mol. The van der Waals surface area contributed by atoms with Crippen molar-refractivity contribution in [3.05, 3.63) is 71.3 Å². The molecule has 0 fully saturated rings. The number of benzene rings is 2. The number of carbonyl (C=O) groups is 3. The van der Waals surface area contributed by atoms with Crippen LogP contribution in [0.25, 0.3) is 0 Å². The van der Waals surface area contributed by atoms with Gasteiger partial charge in [-0.05, 0) is 29.0 Å². The fourth-order valence-corrected chi connectivity index (χ4v) is 2.68. The summed E-state index contributed by atoms with van der Waals surface area (Å²) in [5.74, 6) is -0.804. The Balaban J connectivity index is 1.58. The van der Waals surface area contributed by atoms with Gasteiger partial charge in [0, 0.05) is 6.54 Å². The van der Waals surface area contributed by atoms with Gasteiger partial charge in [0.25, 0.3) is 5.91 Å². The van der Waals surface area contributed by atoms with Crippen molar-refractivity contribution in [3.8, 4) is 0 Å². The van der Waals surface area contributed by atoms with E-state index in [4.69, 9.17) is 4.74 Å². The van der Waals surface area contributed by atoms with Crippen LogP contribution < -0.4 is 10.6 Å². The maximum absolute atomic E-state index is 11.8. The number of hydrogen-bond donors (Lipinski definition) is 2. The highest BCUT2D eigenvalue weighted by atomic mass is 16.5. The summed E-state index contributed by atoms with van der Waals surface area (Å²) < 4.78 is 4.88. The molecule has 2 rings (SSSR count). The molecule has 0 aliphatic carbocycles. The van der Waals surface area contributed by atoms with Crippen LogP contribution in [-0.2, 0) is 32.0 Å². The van der Waals surface area contributed by atoms with Gasteiger partial charge in [-0.1, -0.05) is 68.4 Å². The molecule has 0 aliphatic rings. The van der Waals surface area contributed by atoms with E-state index in [2.05, 4.69) is 48.7 Å². The third kappa shape index (κ3) is 8.60. The smallest absolute Gasteiger partial charge is 0.325 e. The summed E-state index contributed by atoms with van der Waals surface area (Å²) in [5.41, 5.74) is 3.27. The lowest BCUT2D eigenvalue weighted by molar-refractivity contribution is -0.148. The van der Waals surface area contributed by atoms with Crippen molar-refractivity contribution in [1.29, 1.82) is 0 Å². The molecule has 2 aromatic carbocycles. The third-order valence-electron chi connectivity index (χ3n) is 4.38. The molecule has 6 nitrogen and oxygen atoms in total. The Bertz CT molecular complexity index is 801. The molecule has 0 heterocycles. The maximum atomic E-state index is 11.8. The summed E-state index contributed by atoms with van der Waals surface area (Å²) in [7, 11) is 0. The van der Waals surface area contributed by atoms with Crippen LogP contribution in [0.1, 0.15) is 36.5 Å². The van der Waals surface area contributed by atoms with Crippen molar-refractivity contribution in [2.45, 2.75) is 32.6 Å². The van der Waals surface area contributed by atoms with E-state index in [0.29, 0.717) is 18.9 Å². The Morgan fingerprint density at radius 1 is 0.862 bits per heavy atom. The van der Waals surface area contributed by atoms with Gasteiger partial charge >= 0.3 is 5.97 Å². The normalized spacial score (nSPS) is 10.4. The number of hydrogen-bond acceptors (Lipinski definition) is 4. The van der Waals surface area contributed by atoms with E-state index in [0.717, 1.165) is 11.1 Å². The molecule has 0 saturated carbocycles. The molecule has 0 bridgehead atoms. The highest BCUT2D eigenvalue weighted by molar-refractivity contribution is 5.85. The molecule has 29 heavy (non-hydrogen) atoms. The summed E-state index contributed by atoms with van der Waals surface area (Å²) in [6.45, 7) is 4.13. The van der Waals surface area contributed by atoms with Gasteiger partial charge in [0.15, 0.2) is 6.61 Å². The lowest BCUT2D eigenvalue weighted by Gasteiger charge is -2.09. The number of ether oxygens (including phenoxy) is 1. The van der Waals surface area contributed by atoms with Crippen LogP contribution >= 0.6 is 0 Å². The molecule has 6 heteroatoms. The second-order valence-corrected chi connectivity index (χ2v) is 7.10. The zero-order valence-corrected chi connectivity index (χ0v) is 16.9. The molecule has 0 radical (unpaired) electrons. The molecule has 0 unspecified atom stereocenters. The Hall–Kier alpha value is -3.15. The van der Waals surface area contributed by atoms with Crippen LogP contribution in [0, 0.1) is 0 Å². The fourth-order valence-electron chi connectivity index (χ4n) is 2.68. The fraction of sp³-hybridized carbons (Fsp3) is 0.348. The molecular weight excluding hydrogens is 368 g/mol. The van der Waals surface area contributed by atoms with E-state index in [1.807, 2.05) is 30.3 Å². The maximum Gasteiger partial charge on any atom is 0.325 e. The Morgan fingerprint density at radius 2 is 1.55 bits per heavy atom. The predicted molar refractivity (Wildman–Crippen MR) is 111 cm³/mol. The number of amides is 2. The first-order valence-corrected chi connectivity index (χ1v) is 9.76. The largest absolute Gasteiger partial charge is 0.454 e. The molecule has 0 spiro atoms. The topological polar surface area (TPSA) is 84.5 Å². The van der Waals surface area contributed by atoms with Gasteiger partial charge in [0.1, 0.15) is 6.54 Å². The number of esters is 1. The van der Waals surface area contributed by atoms with Crippen LogP contribution in [0.4, 0.5) is 0 Å². The van der Waals surface area contributed by atoms with Crippen molar-refractivity contribution in [1.82, 2.24) is 10.6 Å². The molecule has 2 amide bonds. The second-order valence-electron chi connectivity index (χ2n) is 7.10. The monoisotopic (exact) mass is 396 g/mol. The Labute approximate surface area is 171 Å². The van der Waals surface area contributed by atoms with Crippen molar-refractivity contribution in [2.24, 2.45) is 0 Å². The number of carbonyl (C=O) groups excluding carboxylic acids is 3. The lowest BCUT2D eigenvalue weighted by Crippen LogP contribution is -2.35. The van der Waals surface area contributed by atoms with E-state index in [9.17, 15) is 14.4 Å². The minimum atomic E-state index is -0.647. The zero-order chi connectivity index (χ0) is 21.1. The van der Waals surface area contributed by atoms with Gasteiger partial charge in [-0.2, -0.15) is 0 Å². The van der Waals surface area contributed by atoms with Gasteiger partial charge in [-0.3, -0.25) is 14.4 Å². The summed E-state index contributed by atoms with van der Waals surface area (Å²) >= 11 is 0. The van der Waals surface area contributed by atoms with Gasteiger partial charge in [0.2, 0.25) is 5.91 Å². The van der Waals surface area contributed by atoms with Crippen LogP contribution in [0.5, 0.6) is 0 Å². The first kappa shape index (κ1) is 22.1. The van der Waals surface area contributed by atoms with Crippen LogP contribution in [0.3, 0.4) is 0 Å². The van der Waals surface area contributed by atoms with Crippen molar-refractivity contribution in [2.75, 3.05) is 19.7 Å². The average Bonchev–Trinajstić information content (AvgIpc) is 2.72. The molecular formula is C23H28N2O4. The minimum Gasteiger partial charge on any atom is -0.454 e. The standard InChI is InChI=1S/C23H28N2O4/c1-17(2)20-10-8-18(9-11-20)12-13-24-22(27)16-29-23(28)15-25-21(26)14-19-6-4-3-5-7-19/h3-11,17H,12-16H2,1-2H3,(H,24,27)(H,25,26). The van der Waals surface area contributed by atoms with Crippen molar-refractivity contribution < 1.29 is 19.1 Å². The van der Waals surface area contributed by atoms with Crippen molar-refractivity contribution >= 4 is 17.8 Å². The van der Waals surface area contributed by atoms with Crippen molar-refractivity contribution in [3.63, 3.8) is 0 Å². The highest BCUT2D eigenvalue weighted by Crippen LogP contribution is 2.14. The number of nitrogens with one attached hydrogen (secondary N) is 2. The van der Waals surface area contributed by atoms with E-state index >= 15 is 0 Å². The first-order valence-electron chi connectivity index (χ1n) is 9.76. The summed E-state index contributed by atoms with van der Waals surface area (Å²) in [6, 6.07) is 17.5. The third-order valence-corrected chi connectivity index (χ3v) is 4.38.